The Kier molecular flexibility index (Phi) is 6.69. The fourth-order valence-electron chi connectivity index (χ4n) is 1.76. The van der Waals surface area contributed by atoms with Gasteiger partial charge in [-0.15, -0.1) is 0 Å². The minimum atomic E-state index is -1.12. The maximum absolute atomic E-state index is 11.9. The highest BCUT2D eigenvalue weighted by atomic mass is 16.5. The summed E-state index contributed by atoms with van der Waals surface area (Å²) >= 11 is 0. The first-order valence-electron chi connectivity index (χ1n) is 6.39. The molecule has 2 unspecified atom stereocenters. The summed E-state index contributed by atoms with van der Waals surface area (Å²) in [6.45, 7) is 0.516. The van der Waals surface area contributed by atoms with E-state index in [-0.39, 0.29) is 0 Å². The van der Waals surface area contributed by atoms with Crippen LogP contribution >= 0.6 is 0 Å². The van der Waals surface area contributed by atoms with Gasteiger partial charge in [0.15, 0.2) is 6.04 Å². The molecule has 110 valence electrons. The number of nitrogens with two attached hydrogens (primary N) is 1. The monoisotopic (exact) mass is 280 g/mol. The van der Waals surface area contributed by atoms with Crippen LogP contribution < -0.4 is 11.1 Å². The largest absolute Gasteiger partial charge is 0.479 e. The van der Waals surface area contributed by atoms with Crippen LogP contribution in [-0.2, 0) is 14.3 Å². The van der Waals surface area contributed by atoms with Crippen molar-refractivity contribution in [2.75, 3.05) is 13.7 Å². The second-order valence-corrected chi connectivity index (χ2v) is 4.43. The lowest BCUT2D eigenvalue weighted by Gasteiger charge is -2.18. The van der Waals surface area contributed by atoms with Crippen molar-refractivity contribution >= 4 is 11.9 Å². The molecule has 0 aliphatic carbocycles. The molecule has 20 heavy (non-hydrogen) atoms. The maximum atomic E-state index is 11.9. The molecule has 0 aliphatic rings. The number of aliphatic carboxylic acids is 1. The van der Waals surface area contributed by atoms with Crippen LogP contribution in [0.3, 0.4) is 0 Å². The molecule has 2 atom stereocenters. The van der Waals surface area contributed by atoms with Crippen molar-refractivity contribution in [1.82, 2.24) is 5.32 Å². The summed E-state index contributed by atoms with van der Waals surface area (Å²) in [6.07, 6.45) is 1.09. The van der Waals surface area contributed by atoms with Crippen molar-refractivity contribution < 1.29 is 19.4 Å². The minimum absolute atomic E-state index is 0.445. The highest BCUT2D eigenvalue weighted by Crippen LogP contribution is 2.13. The lowest BCUT2D eigenvalue weighted by atomic mass is 10.1. The van der Waals surface area contributed by atoms with Gasteiger partial charge >= 0.3 is 5.97 Å². The van der Waals surface area contributed by atoms with Crippen LogP contribution in [-0.4, -0.2) is 36.7 Å². The zero-order valence-electron chi connectivity index (χ0n) is 11.4. The van der Waals surface area contributed by atoms with E-state index in [1.54, 1.807) is 37.4 Å². The zero-order valence-corrected chi connectivity index (χ0v) is 11.4. The van der Waals surface area contributed by atoms with Gasteiger partial charge in [0.1, 0.15) is 0 Å². The predicted octanol–water partition coefficient (Wildman–Crippen LogP) is 0.682. The van der Waals surface area contributed by atoms with Crippen LogP contribution in [0, 0.1) is 0 Å². The fourth-order valence-corrected chi connectivity index (χ4v) is 1.76. The standard InChI is InChI=1S/C14H20N2O4/c1-20-9-5-8-11(15)13(17)16-12(14(18)19)10-6-3-2-4-7-10/h2-4,6-7,11-12H,5,8-9,15H2,1H3,(H,16,17)(H,18,19). The Morgan fingerprint density at radius 2 is 2.00 bits per heavy atom. The summed E-state index contributed by atoms with van der Waals surface area (Å²) in [5.41, 5.74) is 6.24. The number of nitrogens with one attached hydrogen (secondary N) is 1. The second-order valence-electron chi connectivity index (χ2n) is 4.43. The quantitative estimate of drug-likeness (QED) is 0.608. The SMILES string of the molecule is COCCCC(N)C(=O)NC(C(=O)O)c1ccccc1. The Bertz CT molecular complexity index is 436. The molecule has 0 saturated carbocycles. The van der Waals surface area contributed by atoms with E-state index >= 15 is 0 Å². The van der Waals surface area contributed by atoms with E-state index in [0.29, 0.717) is 25.0 Å². The highest BCUT2D eigenvalue weighted by molar-refractivity contribution is 5.87. The number of amides is 1. The molecule has 6 heteroatoms. The lowest BCUT2D eigenvalue weighted by Crippen LogP contribution is -2.44. The van der Waals surface area contributed by atoms with Gasteiger partial charge in [-0.1, -0.05) is 30.3 Å². The molecule has 1 rings (SSSR count). The third kappa shape index (κ3) is 4.99. The molecule has 0 aliphatic heterocycles. The number of carboxylic acids is 1. The number of hydrogen-bond acceptors (Lipinski definition) is 4. The number of carboxylic acid groups (broad SMARTS) is 1. The molecule has 1 aromatic carbocycles. The topological polar surface area (TPSA) is 102 Å². The summed E-state index contributed by atoms with van der Waals surface area (Å²) in [7, 11) is 1.57. The van der Waals surface area contributed by atoms with E-state index in [9.17, 15) is 14.7 Å². The molecule has 0 fully saturated rings. The van der Waals surface area contributed by atoms with Gasteiger partial charge < -0.3 is 20.9 Å². The van der Waals surface area contributed by atoms with Crippen molar-refractivity contribution in [2.24, 2.45) is 5.73 Å². The fraction of sp³-hybridized carbons (Fsp3) is 0.429. The van der Waals surface area contributed by atoms with Crippen LogP contribution in [0.25, 0.3) is 0 Å². The Balaban J connectivity index is 2.62. The normalized spacial score (nSPS) is 13.5. The van der Waals surface area contributed by atoms with E-state index in [2.05, 4.69) is 5.32 Å². The average Bonchev–Trinajstić information content (AvgIpc) is 2.45. The van der Waals surface area contributed by atoms with Crippen LogP contribution in [0.15, 0.2) is 30.3 Å². The number of hydrogen-bond donors (Lipinski definition) is 3. The smallest absolute Gasteiger partial charge is 0.330 e. The molecule has 6 nitrogen and oxygen atoms in total. The first-order chi connectivity index (χ1) is 9.56. The first-order valence-corrected chi connectivity index (χ1v) is 6.39. The van der Waals surface area contributed by atoms with Gasteiger partial charge in [0.2, 0.25) is 5.91 Å². The highest BCUT2D eigenvalue weighted by Gasteiger charge is 2.24. The Labute approximate surface area is 117 Å². The van der Waals surface area contributed by atoms with E-state index in [0.717, 1.165) is 0 Å². The van der Waals surface area contributed by atoms with Crippen molar-refractivity contribution in [3.05, 3.63) is 35.9 Å². The van der Waals surface area contributed by atoms with Gasteiger partial charge in [-0.25, -0.2) is 4.79 Å². The minimum Gasteiger partial charge on any atom is -0.479 e. The van der Waals surface area contributed by atoms with Crippen molar-refractivity contribution in [3.8, 4) is 0 Å². The van der Waals surface area contributed by atoms with Gasteiger partial charge in [0.25, 0.3) is 0 Å². The molecule has 0 saturated heterocycles. The van der Waals surface area contributed by atoms with Crippen molar-refractivity contribution in [2.45, 2.75) is 24.9 Å². The predicted molar refractivity (Wildman–Crippen MR) is 74.0 cm³/mol. The molecule has 0 radical (unpaired) electrons. The van der Waals surface area contributed by atoms with E-state index in [4.69, 9.17) is 10.5 Å². The van der Waals surface area contributed by atoms with Gasteiger partial charge in [0.05, 0.1) is 6.04 Å². The second kappa shape index (κ2) is 8.29. The number of benzene rings is 1. The molecule has 0 aromatic heterocycles. The van der Waals surface area contributed by atoms with Crippen LogP contribution in [0.5, 0.6) is 0 Å². The molecule has 0 bridgehead atoms. The summed E-state index contributed by atoms with van der Waals surface area (Å²) in [5, 5.41) is 11.7. The van der Waals surface area contributed by atoms with Gasteiger partial charge in [-0.2, -0.15) is 0 Å². The van der Waals surface area contributed by atoms with E-state index < -0.39 is 24.0 Å². The average molecular weight is 280 g/mol. The lowest BCUT2D eigenvalue weighted by molar-refractivity contribution is -0.142. The van der Waals surface area contributed by atoms with Crippen LogP contribution in [0.1, 0.15) is 24.4 Å². The molecule has 4 N–H and O–H groups in total. The van der Waals surface area contributed by atoms with Gasteiger partial charge in [0, 0.05) is 13.7 Å². The van der Waals surface area contributed by atoms with Crippen molar-refractivity contribution in [1.29, 1.82) is 0 Å². The number of ether oxygens (including phenoxy) is 1. The Morgan fingerprint density at radius 3 is 2.55 bits per heavy atom. The first kappa shape index (κ1) is 16.1. The molecule has 0 heterocycles. The van der Waals surface area contributed by atoms with Crippen LogP contribution in [0.2, 0.25) is 0 Å². The van der Waals surface area contributed by atoms with E-state index in [1.165, 1.54) is 0 Å². The number of carbonyl (C=O) groups excluding carboxylic acids is 1. The number of carbonyl (C=O) groups is 2. The summed E-state index contributed by atoms with van der Waals surface area (Å²) < 4.78 is 4.88. The molecular weight excluding hydrogens is 260 g/mol. The Hall–Kier alpha value is -1.92. The van der Waals surface area contributed by atoms with Gasteiger partial charge in [-0.3, -0.25) is 4.79 Å². The zero-order chi connectivity index (χ0) is 15.0. The Morgan fingerprint density at radius 1 is 1.35 bits per heavy atom. The third-order valence-electron chi connectivity index (χ3n) is 2.87. The summed E-state index contributed by atoms with van der Waals surface area (Å²) in [6, 6.07) is 6.69. The number of rotatable bonds is 8. The maximum Gasteiger partial charge on any atom is 0.330 e. The number of methoxy groups -OCH3 is 1. The van der Waals surface area contributed by atoms with Crippen molar-refractivity contribution in [3.63, 3.8) is 0 Å². The molecule has 1 aromatic rings. The summed E-state index contributed by atoms with van der Waals surface area (Å²) in [4.78, 5) is 23.1. The third-order valence-corrected chi connectivity index (χ3v) is 2.87. The van der Waals surface area contributed by atoms with E-state index in [1.807, 2.05) is 0 Å². The molecule has 0 spiro atoms. The summed E-state index contributed by atoms with van der Waals surface area (Å²) in [5.74, 6) is -1.59. The van der Waals surface area contributed by atoms with Crippen LogP contribution in [0.4, 0.5) is 0 Å². The molecular formula is C14H20N2O4. The molecule has 1 amide bonds. The van der Waals surface area contributed by atoms with Gasteiger partial charge in [-0.05, 0) is 18.4 Å².